The molecule has 4 N–H and O–H groups in total. The van der Waals surface area contributed by atoms with Crippen LogP contribution in [-0.4, -0.2) is 112 Å². The number of nitrogens with zero attached hydrogens (tertiary/aromatic N) is 5. The number of hydrogen-bond donors (Lipinski definition) is 4. The number of piperidine rings is 3. The molecule has 47 heavy (non-hydrogen) atoms. The number of H-pyrrole nitrogens is 1. The van der Waals surface area contributed by atoms with Gasteiger partial charge in [0.1, 0.15) is 6.04 Å². The van der Waals surface area contributed by atoms with E-state index in [4.69, 9.17) is 0 Å². The monoisotopic (exact) mass is 645 g/mol. The largest absolute Gasteiger partial charge is 0.341 e. The quantitative estimate of drug-likeness (QED) is 0.379. The number of fused-ring (bicyclic) bond motifs is 2. The van der Waals surface area contributed by atoms with Gasteiger partial charge in [0.15, 0.2) is 0 Å². The van der Waals surface area contributed by atoms with Crippen molar-refractivity contribution in [3.05, 3.63) is 47.3 Å². The molecule has 2 aromatic rings. The average Bonchev–Trinajstić information content (AvgIpc) is 3.61. The van der Waals surface area contributed by atoms with Gasteiger partial charge < -0.3 is 35.6 Å². The number of urea groups is 2. The van der Waals surface area contributed by atoms with Crippen LogP contribution in [0, 0.1) is 0 Å². The number of benzene rings is 1. The molecule has 5 aliphatic heterocycles. The first-order valence-corrected chi connectivity index (χ1v) is 17.8. The number of hydrogen-bond acceptors (Lipinski definition) is 6. The van der Waals surface area contributed by atoms with E-state index in [2.05, 4.69) is 44.9 Å². The Morgan fingerprint density at radius 2 is 1.66 bits per heavy atom. The van der Waals surface area contributed by atoms with E-state index < -0.39 is 6.04 Å². The minimum Gasteiger partial charge on any atom is -0.341 e. The normalized spacial score (nSPS) is 24.7. The third-order valence-corrected chi connectivity index (χ3v) is 11.3. The van der Waals surface area contributed by atoms with E-state index in [0.29, 0.717) is 44.9 Å². The minimum absolute atomic E-state index is 0.00524. The predicted octanol–water partition coefficient (Wildman–Crippen LogP) is 3.79. The summed E-state index contributed by atoms with van der Waals surface area (Å²) in [6.07, 6.45) is 9.54. The fraction of sp³-hybridized carbons (Fsp3) is 0.657. The summed E-state index contributed by atoms with van der Waals surface area (Å²) in [7, 11) is 0. The van der Waals surface area contributed by atoms with Crippen LogP contribution in [0.5, 0.6) is 0 Å². The Morgan fingerprint density at radius 1 is 0.957 bits per heavy atom. The Balaban J connectivity index is 1.01. The van der Waals surface area contributed by atoms with Crippen molar-refractivity contribution in [2.75, 3.05) is 51.1 Å². The van der Waals surface area contributed by atoms with Gasteiger partial charge in [-0.1, -0.05) is 38.5 Å². The summed E-state index contributed by atoms with van der Waals surface area (Å²) in [6, 6.07) is 7.47. The van der Waals surface area contributed by atoms with Gasteiger partial charge in [0.25, 0.3) is 0 Å². The van der Waals surface area contributed by atoms with E-state index in [1.54, 1.807) is 0 Å². The first kappa shape index (κ1) is 31.9. The Bertz CT molecular complexity index is 1440. The van der Waals surface area contributed by atoms with Gasteiger partial charge in [-0.15, -0.1) is 0 Å². The van der Waals surface area contributed by atoms with Gasteiger partial charge in [-0.3, -0.25) is 9.89 Å². The van der Waals surface area contributed by atoms with E-state index in [9.17, 15) is 14.4 Å². The molecule has 5 amide bonds. The molecule has 2 unspecified atom stereocenters. The molecule has 3 fully saturated rings. The first-order valence-electron chi connectivity index (χ1n) is 17.8. The molecule has 0 aliphatic carbocycles. The second-order valence-corrected chi connectivity index (χ2v) is 14.8. The van der Waals surface area contributed by atoms with E-state index in [1.807, 2.05) is 45.2 Å². The SMILES string of the molecule is CC1(C)CNC(CC(NC(=O)N2CCC(N3Cc4ccccc4NC3=O)CC2)C(=O)N2CCC(N3CCCCC3)CC2)c2cn[nH]c21. The number of rotatable bonds is 6. The standard InChI is InChI=1S/C35H51N9O3/c1-35(2)23-36-29(27-21-37-40-31(27)35)20-30(32(45)42-16-10-25(11-17-42)41-14-6-3-7-15-41)39-33(46)43-18-12-26(13-19-43)44-22-24-8-4-5-9-28(24)38-34(44)47/h4-5,8-9,21,25-26,29-30,36H,3,6-7,10-20,22-23H2,1-2H3,(H,37,40)(H,38,47)(H,39,46). The minimum atomic E-state index is -0.655. The Morgan fingerprint density at radius 3 is 2.43 bits per heavy atom. The molecule has 0 spiro atoms. The van der Waals surface area contributed by atoms with Crippen molar-refractivity contribution in [2.24, 2.45) is 0 Å². The Kier molecular flexibility index (Phi) is 9.15. The van der Waals surface area contributed by atoms with Crippen molar-refractivity contribution in [1.82, 2.24) is 40.4 Å². The maximum Gasteiger partial charge on any atom is 0.322 e. The van der Waals surface area contributed by atoms with E-state index in [-0.39, 0.29) is 35.5 Å². The molecule has 254 valence electrons. The lowest BCUT2D eigenvalue weighted by Gasteiger charge is -2.42. The van der Waals surface area contributed by atoms with Gasteiger partial charge in [-0.05, 0) is 69.7 Å². The third-order valence-electron chi connectivity index (χ3n) is 11.3. The highest BCUT2D eigenvalue weighted by atomic mass is 16.2. The number of anilines is 1. The zero-order valence-electron chi connectivity index (χ0n) is 28.0. The van der Waals surface area contributed by atoms with Crippen LogP contribution < -0.4 is 16.0 Å². The summed E-state index contributed by atoms with van der Waals surface area (Å²) in [5.41, 5.74) is 4.04. The summed E-state index contributed by atoms with van der Waals surface area (Å²) in [6.45, 7) is 10.5. The van der Waals surface area contributed by atoms with Gasteiger partial charge in [0, 0.05) is 79.8 Å². The number of nitrogens with one attached hydrogen (secondary N) is 4. The number of amides is 5. The molecular weight excluding hydrogens is 594 g/mol. The van der Waals surface area contributed by atoms with E-state index in [0.717, 1.165) is 55.0 Å². The molecule has 12 nitrogen and oxygen atoms in total. The van der Waals surface area contributed by atoms with Gasteiger partial charge in [0.2, 0.25) is 5.91 Å². The first-order chi connectivity index (χ1) is 22.8. The second-order valence-electron chi connectivity index (χ2n) is 14.8. The molecule has 0 saturated carbocycles. The van der Waals surface area contributed by atoms with E-state index in [1.165, 1.54) is 32.4 Å². The maximum atomic E-state index is 14.2. The highest BCUT2D eigenvalue weighted by Gasteiger charge is 2.40. The van der Waals surface area contributed by atoms with Crippen LogP contribution in [0.4, 0.5) is 15.3 Å². The van der Waals surface area contributed by atoms with Crippen molar-refractivity contribution >= 4 is 23.7 Å². The number of para-hydroxylation sites is 1. The topological polar surface area (TPSA) is 129 Å². The number of likely N-dealkylation sites (tertiary alicyclic amines) is 3. The zero-order chi connectivity index (χ0) is 32.5. The average molecular weight is 646 g/mol. The Labute approximate surface area is 278 Å². The summed E-state index contributed by atoms with van der Waals surface area (Å²) < 4.78 is 0. The molecule has 5 aliphatic rings. The van der Waals surface area contributed by atoms with Crippen LogP contribution in [0.15, 0.2) is 30.5 Å². The van der Waals surface area contributed by atoms with Gasteiger partial charge in [0.05, 0.1) is 6.20 Å². The molecule has 12 heteroatoms. The second kappa shape index (κ2) is 13.5. The molecular formula is C35H51N9O3. The molecule has 7 rings (SSSR count). The summed E-state index contributed by atoms with van der Waals surface area (Å²) in [4.78, 5) is 49.3. The third kappa shape index (κ3) is 6.72. The van der Waals surface area contributed by atoms with Crippen LogP contribution in [0.1, 0.15) is 88.1 Å². The van der Waals surface area contributed by atoms with Crippen LogP contribution in [0.3, 0.4) is 0 Å². The van der Waals surface area contributed by atoms with Crippen molar-refractivity contribution in [2.45, 2.75) is 101 Å². The van der Waals surface area contributed by atoms with Crippen LogP contribution >= 0.6 is 0 Å². The highest BCUT2D eigenvalue weighted by molar-refractivity contribution is 5.92. The molecule has 2 atom stereocenters. The van der Waals surface area contributed by atoms with Crippen molar-refractivity contribution in [3.63, 3.8) is 0 Å². The molecule has 0 bridgehead atoms. The highest BCUT2D eigenvalue weighted by Crippen LogP contribution is 2.35. The number of aromatic amines is 1. The fourth-order valence-corrected chi connectivity index (χ4v) is 8.44. The lowest BCUT2D eigenvalue weighted by atomic mass is 9.80. The number of carbonyl (C=O) groups is 3. The lowest BCUT2D eigenvalue weighted by molar-refractivity contribution is -0.135. The predicted molar refractivity (Wildman–Crippen MR) is 180 cm³/mol. The number of carbonyl (C=O) groups excluding carboxylic acids is 3. The van der Waals surface area contributed by atoms with Gasteiger partial charge >= 0.3 is 12.1 Å². The van der Waals surface area contributed by atoms with Crippen molar-refractivity contribution < 1.29 is 14.4 Å². The molecule has 0 radical (unpaired) electrons. The van der Waals surface area contributed by atoms with Crippen LogP contribution in [0.2, 0.25) is 0 Å². The lowest BCUT2D eigenvalue weighted by Crippen LogP contribution is -2.58. The van der Waals surface area contributed by atoms with Crippen LogP contribution in [0.25, 0.3) is 0 Å². The molecule has 6 heterocycles. The molecule has 1 aromatic carbocycles. The summed E-state index contributed by atoms with van der Waals surface area (Å²) in [5, 5.41) is 17.4. The van der Waals surface area contributed by atoms with Gasteiger partial charge in [-0.25, -0.2) is 9.59 Å². The van der Waals surface area contributed by atoms with Crippen molar-refractivity contribution in [1.29, 1.82) is 0 Å². The number of aromatic nitrogens is 2. The van der Waals surface area contributed by atoms with Crippen LogP contribution in [-0.2, 0) is 16.8 Å². The smallest absolute Gasteiger partial charge is 0.322 e. The molecule has 3 saturated heterocycles. The summed E-state index contributed by atoms with van der Waals surface area (Å²) >= 11 is 0. The van der Waals surface area contributed by atoms with E-state index >= 15 is 0 Å². The fourth-order valence-electron chi connectivity index (χ4n) is 8.44. The van der Waals surface area contributed by atoms with Crippen molar-refractivity contribution in [3.8, 4) is 0 Å². The van der Waals surface area contributed by atoms with Gasteiger partial charge in [-0.2, -0.15) is 5.10 Å². The summed E-state index contributed by atoms with van der Waals surface area (Å²) in [5.74, 6) is 0.00524. The maximum absolute atomic E-state index is 14.2. The Hall–Kier alpha value is -3.64. The zero-order valence-corrected chi connectivity index (χ0v) is 28.0. The molecule has 1 aromatic heterocycles.